The Hall–Kier alpha value is -1.32. The van der Waals surface area contributed by atoms with Crippen LogP contribution < -0.4 is 10.6 Å². The molecule has 0 aromatic heterocycles. The largest absolute Gasteiger partial charge is 0.379 e. The number of rotatable bonds is 4. The van der Waals surface area contributed by atoms with E-state index in [0.29, 0.717) is 0 Å². The number of hydrogen-bond donors (Lipinski definition) is 2. The van der Waals surface area contributed by atoms with Crippen molar-refractivity contribution in [2.24, 2.45) is 5.92 Å². The molecule has 25 heavy (non-hydrogen) atoms. The van der Waals surface area contributed by atoms with Crippen molar-refractivity contribution in [3.05, 3.63) is 39.9 Å². The van der Waals surface area contributed by atoms with Crippen LogP contribution in [0.5, 0.6) is 0 Å². The van der Waals surface area contributed by atoms with E-state index in [0.717, 1.165) is 47.7 Å². The smallest absolute Gasteiger partial charge is 0.160 e. The van der Waals surface area contributed by atoms with Crippen LogP contribution in [-0.2, 0) is 17.8 Å². The zero-order chi connectivity index (χ0) is 18.0. The average Bonchev–Trinajstić information content (AvgIpc) is 2.56. The van der Waals surface area contributed by atoms with Crippen LogP contribution in [0.25, 0.3) is 5.70 Å². The molecule has 0 atom stereocenters. The van der Waals surface area contributed by atoms with Crippen molar-refractivity contribution in [3.8, 4) is 0 Å². The van der Waals surface area contributed by atoms with Gasteiger partial charge in [-0.1, -0.05) is 30.9 Å². The highest BCUT2D eigenvalue weighted by molar-refractivity contribution is 6.31. The van der Waals surface area contributed by atoms with Gasteiger partial charge in [-0.2, -0.15) is 0 Å². The van der Waals surface area contributed by atoms with Gasteiger partial charge in [-0.15, -0.1) is 0 Å². The Morgan fingerprint density at radius 3 is 2.72 bits per heavy atom. The van der Waals surface area contributed by atoms with E-state index < -0.39 is 0 Å². The van der Waals surface area contributed by atoms with Gasteiger partial charge in [-0.3, -0.25) is 4.79 Å². The normalized spacial score (nSPS) is 21.7. The monoisotopic (exact) mass is 360 g/mol. The molecule has 0 spiro atoms. The third kappa shape index (κ3) is 4.27. The Balaban J connectivity index is 1.97. The van der Waals surface area contributed by atoms with Crippen LogP contribution in [0.15, 0.2) is 18.2 Å². The molecular weight excluding hydrogens is 332 g/mol. The van der Waals surface area contributed by atoms with Crippen molar-refractivity contribution in [1.29, 1.82) is 0 Å². The molecule has 1 aromatic carbocycles. The summed E-state index contributed by atoms with van der Waals surface area (Å²) in [5, 5.41) is 7.54. The van der Waals surface area contributed by atoms with E-state index in [9.17, 15) is 4.79 Å². The average molecular weight is 361 g/mol. The predicted octanol–water partition coefficient (Wildman–Crippen LogP) is 4.47. The first kappa shape index (κ1) is 18.5. The van der Waals surface area contributed by atoms with Crippen LogP contribution in [0.1, 0.15) is 62.6 Å². The summed E-state index contributed by atoms with van der Waals surface area (Å²) in [6.45, 7) is 5.06. The molecular formula is C21H29ClN2O. The Labute approximate surface area is 156 Å². The van der Waals surface area contributed by atoms with Gasteiger partial charge in [0.05, 0.1) is 0 Å². The minimum atomic E-state index is -0.0838. The lowest BCUT2D eigenvalue weighted by Gasteiger charge is -2.36. The number of allylic oxidation sites excluding steroid dienone is 1. The maximum Gasteiger partial charge on any atom is 0.160 e. The van der Waals surface area contributed by atoms with Gasteiger partial charge < -0.3 is 10.6 Å². The Kier molecular flexibility index (Phi) is 5.55. The summed E-state index contributed by atoms with van der Waals surface area (Å²) in [7, 11) is 1.92. The number of carbonyl (C=O) groups is 1. The Morgan fingerprint density at radius 1 is 1.32 bits per heavy atom. The summed E-state index contributed by atoms with van der Waals surface area (Å²) in [5.41, 5.74) is 4.28. The van der Waals surface area contributed by atoms with Crippen LogP contribution in [0.2, 0.25) is 5.02 Å². The van der Waals surface area contributed by atoms with E-state index in [2.05, 4.69) is 36.6 Å². The van der Waals surface area contributed by atoms with Gasteiger partial charge in [-0.25, -0.2) is 0 Å². The Morgan fingerprint density at radius 2 is 2.04 bits per heavy atom. The highest BCUT2D eigenvalue weighted by Gasteiger charge is 2.30. The molecule has 1 fully saturated rings. The predicted molar refractivity (Wildman–Crippen MR) is 105 cm³/mol. The molecule has 1 aliphatic carbocycles. The molecule has 0 saturated heterocycles. The molecule has 1 saturated carbocycles. The van der Waals surface area contributed by atoms with E-state index in [1.807, 2.05) is 13.1 Å². The van der Waals surface area contributed by atoms with Crippen molar-refractivity contribution in [1.82, 2.24) is 10.6 Å². The summed E-state index contributed by atoms with van der Waals surface area (Å²) in [4.78, 5) is 12.8. The number of fused-ring (bicyclic) bond motifs is 1. The van der Waals surface area contributed by atoms with Gasteiger partial charge in [0.25, 0.3) is 0 Å². The van der Waals surface area contributed by atoms with Gasteiger partial charge >= 0.3 is 0 Å². The minimum absolute atomic E-state index is 0.0838. The first-order valence-corrected chi connectivity index (χ1v) is 9.77. The zero-order valence-corrected chi connectivity index (χ0v) is 16.3. The molecule has 2 N–H and O–H groups in total. The second-order valence-corrected chi connectivity index (χ2v) is 8.52. The van der Waals surface area contributed by atoms with Crippen molar-refractivity contribution in [2.75, 3.05) is 7.05 Å². The standard InChI is InChI=1S/C21H29ClN2O/c1-21(2)12-15-10-18(22)16(13-23-3)9-17(15)19(24-21)11-20(25)14-7-5-4-6-8-14/h9-11,14,23-24H,4-8,12-13H2,1-3H3. The van der Waals surface area contributed by atoms with Crippen molar-refractivity contribution in [3.63, 3.8) is 0 Å². The van der Waals surface area contributed by atoms with Gasteiger partial charge in [0, 0.05) is 40.4 Å². The van der Waals surface area contributed by atoms with E-state index >= 15 is 0 Å². The zero-order valence-electron chi connectivity index (χ0n) is 15.5. The fourth-order valence-electron chi connectivity index (χ4n) is 4.10. The maximum absolute atomic E-state index is 12.8. The van der Waals surface area contributed by atoms with Crippen LogP contribution in [0.4, 0.5) is 0 Å². The number of ketones is 1. The summed E-state index contributed by atoms with van der Waals surface area (Å²) < 4.78 is 0. The third-order valence-corrected chi connectivity index (χ3v) is 5.68. The molecule has 3 rings (SSSR count). The van der Waals surface area contributed by atoms with E-state index in [-0.39, 0.29) is 17.2 Å². The number of nitrogens with one attached hydrogen (secondary N) is 2. The van der Waals surface area contributed by atoms with E-state index in [1.54, 1.807) is 0 Å². The summed E-state index contributed by atoms with van der Waals surface area (Å²) in [5.74, 6) is 0.469. The number of carbonyl (C=O) groups excluding carboxylic acids is 1. The van der Waals surface area contributed by atoms with Gasteiger partial charge in [-0.05, 0) is 63.4 Å². The van der Waals surface area contributed by atoms with Gasteiger partial charge in [0.2, 0.25) is 0 Å². The molecule has 4 heteroatoms. The molecule has 1 heterocycles. The fraction of sp³-hybridized carbons (Fsp3) is 0.571. The van der Waals surface area contributed by atoms with Crippen LogP contribution in [0.3, 0.4) is 0 Å². The van der Waals surface area contributed by atoms with Crippen LogP contribution in [0, 0.1) is 5.92 Å². The molecule has 3 nitrogen and oxygen atoms in total. The van der Waals surface area contributed by atoms with Crippen LogP contribution in [-0.4, -0.2) is 18.4 Å². The van der Waals surface area contributed by atoms with Crippen molar-refractivity contribution < 1.29 is 4.79 Å². The van der Waals surface area contributed by atoms with Crippen molar-refractivity contribution >= 4 is 23.1 Å². The van der Waals surface area contributed by atoms with Crippen molar-refractivity contribution in [2.45, 2.75) is 64.5 Å². The number of halogens is 1. The molecule has 0 radical (unpaired) electrons. The second-order valence-electron chi connectivity index (χ2n) is 8.11. The topological polar surface area (TPSA) is 41.1 Å². The number of benzene rings is 1. The lowest BCUT2D eigenvalue weighted by molar-refractivity contribution is -0.119. The summed E-state index contributed by atoms with van der Waals surface area (Å²) >= 11 is 6.46. The molecule has 1 aliphatic heterocycles. The quantitative estimate of drug-likeness (QED) is 0.778. The maximum atomic E-state index is 12.8. The summed E-state index contributed by atoms with van der Waals surface area (Å²) in [6.07, 6.45) is 8.44. The van der Waals surface area contributed by atoms with Gasteiger partial charge in [0.15, 0.2) is 5.78 Å². The van der Waals surface area contributed by atoms with E-state index in [1.165, 1.54) is 24.8 Å². The second kappa shape index (κ2) is 7.51. The molecule has 2 aliphatic rings. The molecule has 136 valence electrons. The molecule has 0 amide bonds. The SMILES string of the molecule is CNCc1cc2c(cc1Cl)CC(C)(C)NC2=CC(=O)C1CCCCC1. The summed E-state index contributed by atoms with van der Waals surface area (Å²) in [6, 6.07) is 4.21. The Bertz CT molecular complexity index is 687. The molecule has 1 aromatic rings. The highest BCUT2D eigenvalue weighted by Crippen LogP contribution is 2.34. The minimum Gasteiger partial charge on any atom is -0.379 e. The molecule has 0 bridgehead atoms. The third-order valence-electron chi connectivity index (χ3n) is 5.33. The first-order chi connectivity index (χ1) is 11.9. The first-order valence-electron chi connectivity index (χ1n) is 9.39. The lowest BCUT2D eigenvalue weighted by Crippen LogP contribution is -2.44. The van der Waals surface area contributed by atoms with Crippen LogP contribution >= 0.6 is 11.6 Å². The van der Waals surface area contributed by atoms with E-state index in [4.69, 9.17) is 11.6 Å². The lowest BCUT2D eigenvalue weighted by atomic mass is 9.82. The fourth-order valence-corrected chi connectivity index (χ4v) is 4.35. The molecule has 0 unspecified atom stereocenters. The number of hydrogen-bond acceptors (Lipinski definition) is 3. The van der Waals surface area contributed by atoms with Gasteiger partial charge in [0.1, 0.15) is 0 Å². The highest BCUT2D eigenvalue weighted by atomic mass is 35.5.